The number of benzene rings is 2. The van der Waals surface area contributed by atoms with Crippen LogP contribution < -0.4 is 11.4 Å². The normalized spacial score (nSPS) is 11.8. The van der Waals surface area contributed by atoms with Gasteiger partial charge in [-0.25, -0.2) is 23.5 Å². The van der Waals surface area contributed by atoms with Gasteiger partial charge in [-0.1, -0.05) is 35.3 Å². The number of halogens is 3. The molecular weight excluding hydrogens is 480 g/mol. The average Bonchev–Trinajstić information content (AvgIpc) is 3.33. The number of alkyl halides is 1. The zero-order valence-corrected chi connectivity index (χ0v) is 20.3. The minimum absolute atomic E-state index is 0.00982. The van der Waals surface area contributed by atoms with Crippen molar-refractivity contribution in [2.45, 2.75) is 45.6 Å². The molecule has 0 aliphatic heterocycles. The second-order valence-electron chi connectivity index (χ2n) is 8.40. The number of hydrogen-bond acceptors (Lipinski definition) is 5. The van der Waals surface area contributed by atoms with E-state index in [2.05, 4.69) is 15.2 Å². The molecule has 8 nitrogen and oxygen atoms in total. The highest BCUT2D eigenvalue weighted by Gasteiger charge is 2.22. The van der Waals surface area contributed by atoms with E-state index in [1.807, 2.05) is 12.1 Å². The first-order valence-corrected chi connectivity index (χ1v) is 11.4. The highest BCUT2D eigenvalue weighted by molar-refractivity contribution is 6.32. The third-order valence-corrected chi connectivity index (χ3v) is 5.80. The van der Waals surface area contributed by atoms with Crippen LogP contribution in [0.25, 0.3) is 17.1 Å². The van der Waals surface area contributed by atoms with Gasteiger partial charge in [0.15, 0.2) is 11.6 Å². The molecule has 0 amide bonds. The van der Waals surface area contributed by atoms with Crippen molar-refractivity contribution in [3.63, 3.8) is 0 Å². The summed E-state index contributed by atoms with van der Waals surface area (Å²) in [4.78, 5) is 17.7. The standard InChI is InChI=1S/C23H24Cl2FN7O/c1-23(2,26)11-12-31-21(15-7-9-16(24)10-8-15)30-32(22(31)34)14-19-28-20(13-27)33(29-19)18-6-4-3-5-17(18)25/h3-10H,11-14,27H2,1-2H3. The van der Waals surface area contributed by atoms with Crippen LogP contribution in [0.4, 0.5) is 4.39 Å². The molecule has 0 unspecified atom stereocenters. The Hall–Kier alpha value is -3.01. The van der Waals surface area contributed by atoms with Crippen LogP contribution in [0.5, 0.6) is 0 Å². The molecule has 0 radical (unpaired) electrons. The maximum atomic E-state index is 14.2. The zero-order valence-electron chi connectivity index (χ0n) is 18.8. The molecule has 0 saturated carbocycles. The topological polar surface area (TPSA) is 96.6 Å². The predicted octanol–water partition coefficient (Wildman–Crippen LogP) is 4.24. The van der Waals surface area contributed by atoms with Gasteiger partial charge >= 0.3 is 5.69 Å². The lowest BCUT2D eigenvalue weighted by Gasteiger charge is -2.14. The molecule has 0 fully saturated rings. The number of nitrogens with two attached hydrogens (primary N) is 1. The minimum Gasteiger partial charge on any atom is -0.324 e. The molecule has 2 N–H and O–H groups in total. The molecule has 2 aromatic carbocycles. The van der Waals surface area contributed by atoms with Gasteiger partial charge in [0.1, 0.15) is 18.0 Å². The summed E-state index contributed by atoms with van der Waals surface area (Å²) in [6.07, 6.45) is 0.149. The van der Waals surface area contributed by atoms with Crippen LogP contribution in [0.3, 0.4) is 0 Å². The monoisotopic (exact) mass is 503 g/mol. The molecular formula is C23H24Cl2FN7O. The number of hydrogen-bond donors (Lipinski definition) is 1. The van der Waals surface area contributed by atoms with Crippen LogP contribution in [0.1, 0.15) is 31.9 Å². The van der Waals surface area contributed by atoms with E-state index in [4.69, 9.17) is 28.9 Å². The van der Waals surface area contributed by atoms with Gasteiger partial charge in [0.25, 0.3) is 0 Å². The van der Waals surface area contributed by atoms with Crippen molar-refractivity contribution in [3.05, 3.63) is 80.7 Å². The van der Waals surface area contributed by atoms with Crippen molar-refractivity contribution < 1.29 is 4.39 Å². The molecule has 34 heavy (non-hydrogen) atoms. The molecule has 0 atom stereocenters. The fourth-order valence-corrected chi connectivity index (χ4v) is 3.82. The molecule has 0 saturated heterocycles. The first kappa shape index (κ1) is 24.1. The lowest BCUT2D eigenvalue weighted by Crippen LogP contribution is -2.28. The van der Waals surface area contributed by atoms with E-state index in [0.29, 0.717) is 38.8 Å². The van der Waals surface area contributed by atoms with Crippen LogP contribution in [-0.2, 0) is 19.6 Å². The van der Waals surface area contributed by atoms with E-state index in [0.717, 1.165) is 0 Å². The van der Waals surface area contributed by atoms with Gasteiger partial charge in [0.05, 0.1) is 17.3 Å². The van der Waals surface area contributed by atoms with Gasteiger partial charge in [-0.3, -0.25) is 4.57 Å². The average molecular weight is 504 g/mol. The van der Waals surface area contributed by atoms with Gasteiger partial charge in [0, 0.05) is 17.1 Å². The summed E-state index contributed by atoms with van der Waals surface area (Å²) < 4.78 is 18.5. The Bertz CT molecular complexity index is 1350. The van der Waals surface area contributed by atoms with E-state index in [9.17, 15) is 9.18 Å². The first-order chi connectivity index (χ1) is 16.2. The molecule has 11 heteroatoms. The fourth-order valence-electron chi connectivity index (χ4n) is 3.48. The Morgan fingerprint density at radius 1 is 1.06 bits per heavy atom. The maximum Gasteiger partial charge on any atom is 0.346 e. The summed E-state index contributed by atoms with van der Waals surface area (Å²) in [5.41, 5.74) is 5.36. The minimum atomic E-state index is -1.44. The number of rotatable bonds is 8. The lowest BCUT2D eigenvalue weighted by molar-refractivity contribution is 0.192. The number of nitrogens with zero attached hydrogens (tertiary/aromatic N) is 6. The Kier molecular flexibility index (Phi) is 6.88. The highest BCUT2D eigenvalue weighted by atomic mass is 35.5. The maximum absolute atomic E-state index is 14.2. The van der Waals surface area contributed by atoms with Crippen molar-refractivity contribution in [2.75, 3.05) is 0 Å². The zero-order chi connectivity index (χ0) is 24.5. The molecule has 0 aliphatic rings. The van der Waals surface area contributed by atoms with E-state index < -0.39 is 11.4 Å². The number of para-hydroxylation sites is 1. The summed E-state index contributed by atoms with van der Waals surface area (Å²) in [5, 5.41) is 10.1. The van der Waals surface area contributed by atoms with Gasteiger partial charge in [-0.15, -0.1) is 10.2 Å². The largest absolute Gasteiger partial charge is 0.346 e. The van der Waals surface area contributed by atoms with Crippen LogP contribution in [0.2, 0.25) is 10.0 Å². The third-order valence-electron chi connectivity index (χ3n) is 5.23. The van der Waals surface area contributed by atoms with Crippen molar-refractivity contribution >= 4 is 23.2 Å². The second-order valence-corrected chi connectivity index (χ2v) is 9.25. The van der Waals surface area contributed by atoms with Crippen molar-refractivity contribution in [3.8, 4) is 17.1 Å². The van der Waals surface area contributed by atoms with Gasteiger partial charge in [0.2, 0.25) is 0 Å². The van der Waals surface area contributed by atoms with Crippen LogP contribution >= 0.6 is 23.2 Å². The van der Waals surface area contributed by atoms with E-state index >= 15 is 0 Å². The Morgan fingerprint density at radius 2 is 1.76 bits per heavy atom. The SMILES string of the molecule is CC(C)(F)CCn1c(-c2ccc(Cl)cc2)nn(Cc2nc(CN)n(-c3ccccc3Cl)n2)c1=O. The van der Waals surface area contributed by atoms with Gasteiger partial charge in [-0.05, 0) is 56.7 Å². The second kappa shape index (κ2) is 9.69. The van der Waals surface area contributed by atoms with Crippen molar-refractivity contribution in [1.82, 2.24) is 29.1 Å². The smallest absolute Gasteiger partial charge is 0.324 e. The van der Waals surface area contributed by atoms with Gasteiger partial charge < -0.3 is 5.73 Å². The molecule has 0 bridgehead atoms. The Morgan fingerprint density at radius 3 is 2.41 bits per heavy atom. The summed E-state index contributed by atoms with van der Waals surface area (Å²) in [5.74, 6) is 1.25. The van der Waals surface area contributed by atoms with Crippen LogP contribution in [0.15, 0.2) is 53.3 Å². The summed E-state index contributed by atoms with van der Waals surface area (Å²) in [7, 11) is 0. The summed E-state index contributed by atoms with van der Waals surface area (Å²) in [6, 6.07) is 14.2. The Labute approximate surface area is 205 Å². The van der Waals surface area contributed by atoms with E-state index in [1.54, 1.807) is 41.1 Å². The predicted molar refractivity (Wildman–Crippen MR) is 130 cm³/mol. The highest BCUT2D eigenvalue weighted by Crippen LogP contribution is 2.22. The molecule has 0 spiro atoms. The molecule has 2 aromatic heterocycles. The van der Waals surface area contributed by atoms with Crippen LogP contribution in [-0.4, -0.2) is 34.8 Å². The Balaban J connectivity index is 1.73. The lowest BCUT2D eigenvalue weighted by atomic mass is 10.1. The number of aromatic nitrogens is 6. The molecule has 4 rings (SSSR count). The fraction of sp³-hybridized carbons (Fsp3) is 0.304. The van der Waals surface area contributed by atoms with Gasteiger partial charge in [-0.2, -0.15) is 0 Å². The molecule has 0 aliphatic carbocycles. The molecule has 178 valence electrons. The quantitative estimate of drug-likeness (QED) is 0.387. The molecule has 2 heterocycles. The molecule has 4 aromatic rings. The summed E-state index contributed by atoms with van der Waals surface area (Å²) >= 11 is 12.3. The van der Waals surface area contributed by atoms with E-state index in [1.165, 1.54) is 23.1 Å². The van der Waals surface area contributed by atoms with Crippen molar-refractivity contribution in [2.24, 2.45) is 5.73 Å². The third kappa shape index (κ3) is 5.22. The summed E-state index contributed by atoms with van der Waals surface area (Å²) in [6.45, 7) is 3.25. The first-order valence-electron chi connectivity index (χ1n) is 10.7. The van der Waals surface area contributed by atoms with Crippen LogP contribution in [0, 0.1) is 0 Å². The van der Waals surface area contributed by atoms with E-state index in [-0.39, 0.29) is 26.1 Å². The van der Waals surface area contributed by atoms with Crippen molar-refractivity contribution in [1.29, 1.82) is 0 Å².